The second-order valence-corrected chi connectivity index (χ2v) is 4.03. The number of hydrogen-bond donors (Lipinski definition) is 6. The minimum atomic E-state index is -3.61. The van der Waals surface area contributed by atoms with E-state index in [0.717, 1.165) is 0 Å². The van der Waals surface area contributed by atoms with Gasteiger partial charge < -0.3 is 49.6 Å². The van der Waals surface area contributed by atoms with E-state index in [4.69, 9.17) is 5.11 Å². The van der Waals surface area contributed by atoms with E-state index in [1.54, 1.807) is 0 Å². The number of rotatable bonds is 4. The molecule has 0 saturated carbocycles. The van der Waals surface area contributed by atoms with Gasteiger partial charge in [-0.1, -0.05) is 0 Å². The first-order valence-electron chi connectivity index (χ1n) is 5.07. The van der Waals surface area contributed by atoms with Crippen molar-refractivity contribution < 1.29 is 59.2 Å². The summed E-state index contributed by atoms with van der Waals surface area (Å²) in [5.41, 5.74) is 0. The summed E-state index contributed by atoms with van der Waals surface area (Å²) in [4.78, 5) is 21.6. The fourth-order valence-corrected chi connectivity index (χ4v) is 1.69. The summed E-state index contributed by atoms with van der Waals surface area (Å²) < 4.78 is 16.2. The minimum Gasteiger partial charge on any atom is -0.394 e. The number of cyclic esters (lactones) is 4. The first-order chi connectivity index (χ1) is 9.09. The van der Waals surface area contributed by atoms with Gasteiger partial charge in [-0.2, -0.15) is 0 Å². The molecule has 4 atom stereocenters. The highest BCUT2D eigenvalue weighted by atomic mass is 17.0. The number of carbonyl (C=O) groups is 2. The molecule has 6 N–H and O–H groups in total. The van der Waals surface area contributed by atoms with E-state index >= 15 is 0 Å². The summed E-state index contributed by atoms with van der Waals surface area (Å²) in [6.45, 7) is -1.11. The molecule has 0 amide bonds. The second kappa shape index (κ2) is 4.15. The van der Waals surface area contributed by atoms with Crippen LogP contribution in [0.1, 0.15) is 0 Å². The highest BCUT2D eigenvalue weighted by Gasteiger charge is 2.84. The summed E-state index contributed by atoms with van der Waals surface area (Å²) in [6, 6.07) is 0. The quantitative estimate of drug-likeness (QED) is 0.276. The van der Waals surface area contributed by atoms with Crippen molar-refractivity contribution in [2.24, 2.45) is 0 Å². The molecular weight excluding hydrogens is 288 g/mol. The maximum atomic E-state index is 11.0. The van der Waals surface area contributed by atoms with Gasteiger partial charge in [-0.25, -0.2) is 9.59 Å². The van der Waals surface area contributed by atoms with Gasteiger partial charge >= 0.3 is 29.9 Å². The lowest BCUT2D eigenvalue weighted by Gasteiger charge is -2.45. The number of aliphatic hydroxyl groups excluding tert-OH is 3. The van der Waals surface area contributed by atoms with E-state index in [1.807, 2.05) is 0 Å². The van der Waals surface area contributed by atoms with Crippen LogP contribution < -0.4 is 0 Å². The van der Waals surface area contributed by atoms with Crippen LogP contribution in [0.3, 0.4) is 0 Å². The van der Waals surface area contributed by atoms with Crippen molar-refractivity contribution in [2.45, 2.75) is 29.8 Å². The topological polar surface area (TPSA) is 192 Å². The molecule has 12 heteroatoms. The standard InChI is InChI=1S/C8H10O12/c9-1-2(10)3(11)6(14)7(15,18-4(12)17-6)8(16)19-5(13)20-8/h2-3,9-11,14-16H,1H2/t2-,3+,6-,7+/m0/s1. The lowest BCUT2D eigenvalue weighted by molar-refractivity contribution is -0.522. The van der Waals surface area contributed by atoms with Crippen LogP contribution >= 0.6 is 0 Å². The maximum absolute atomic E-state index is 11.0. The molecule has 2 heterocycles. The van der Waals surface area contributed by atoms with Gasteiger partial charge in [0.2, 0.25) is 0 Å². The monoisotopic (exact) mass is 298 g/mol. The van der Waals surface area contributed by atoms with Crippen LogP contribution in [0.4, 0.5) is 9.59 Å². The molecule has 12 nitrogen and oxygen atoms in total. The summed E-state index contributed by atoms with van der Waals surface area (Å²) in [6.07, 6.45) is -7.92. The predicted molar refractivity (Wildman–Crippen MR) is 49.1 cm³/mol. The predicted octanol–water partition coefficient (Wildman–Crippen LogP) is -3.94. The van der Waals surface area contributed by atoms with Crippen molar-refractivity contribution >= 4 is 12.3 Å². The van der Waals surface area contributed by atoms with Gasteiger partial charge in [0.05, 0.1) is 6.61 Å². The molecule has 2 aliphatic rings. The third kappa shape index (κ3) is 1.64. The summed E-state index contributed by atoms with van der Waals surface area (Å²) >= 11 is 0. The smallest absolute Gasteiger partial charge is 0.394 e. The van der Waals surface area contributed by atoms with Crippen molar-refractivity contribution in [3.63, 3.8) is 0 Å². The van der Waals surface area contributed by atoms with E-state index in [2.05, 4.69) is 18.9 Å². The molecule has 0 bridgehead atoms. The average Bonchev–Trinajstić information content (AvgIpc) is 2.58. The Balaban J connectivity index is 2.39. The van der Waals surface area contributed by atoms with Crippen LogP contribution in [0.25, 0.3) is 0 Å². The Bertz CT molecular complexity index is 441. The van der Waals surface area contributed by atoms with Crippen LogP contribution in [0.2, 0.25) is 0 Å². The average molecular weight is 298 g/mol. The molecule has 0 spiro atoms. The summed E-state index contributed by atoms with van der Waals surface area (Å²) in [7, 11) is 0. The van der Waals surface area contributed by atoms with E-state index < -0.39 is 48.7 Å². The molecule has 0 unspecified atom stereocenters. The lowest BCUT2D eigenvalue weighted by Crippen LogP contribution is -2.77. The SMILES string of the molecule is O=C1OC(O)([C@]2(O)OC(=O)O[C@@]2(O)[C@H](O)[C@@H](O)CO)O1. The van der Waals surface area contributed by atoms with Gasteiger partial charge in [-0.3, -0.25) is 0 Å². The fraction of sp³-hybridized carbons (Fsp3) is 0.750. The molecule has 0 radical (unpaired) electrons. The van der Waals surface area contributed by atoms with E-state index in [1.165, 1.54) is 0 Å². The molecule has 0 aromatic rings. The number of aliphatic hydroxyl groups is 6. The molecule has 2 fully saturated rings. The normalized spacial score (nSPS) is 37.9. The zero-order valence-electron chi connectivity index (χ0n) is 9.49. The van der Waals surface area contributed by atoms with Gasteiger partial charge in [-0.05, 0) is 0 Å². The Kier molecular flexibility index (Phi) is 3.05. The van der Waals surface area contributed by atoms with Crippen molar-refractivity contribution in [1.29, 1.82) is 0 Å². The minimum absolute atomic E-state index is 1.11. The molecule has 0 aliphatic carbocycles. The fourth-order valence-electron chi connectivity index (χ4n) is 1.69. The van der Waals surface area contributed by atoms with Crippen LogP contribution in [-0.2, 0) is 18.9 Å². The van der Waals surface area contributed by atoms with E-state index in [9.17, 15) is 35.1 Å². The van der Waals surface area contributed by atoms with E-state index in [0.29, 0.717) is 0 Å². The van der Waals surface area contributed by atoms with Crippen molar-refractivity contribution in [1.82, 2.24) is 0 Å². The van der Waals surface area contributed by atoms with Crippen LogP contribution in [0.15, 0.2) is 0 Å². The van der Waals surface area contributed by atoms with Crippen LogP contribution in [0, 0.1) is 0 Å². The van der Waals surface area contributed by atoms with Crippen molar-refractivity contribution in [3.8, 4) is 0 Å². The molecule has 2 saturated heterocycles. The lowest BCUT2D eigenvalue weighted by atomic mass is 9.93. The highest BCUT2D eigenvalue weighted by molar-refractivity contribution is 5.68. The van der Waals surface area contributed by atoms with Crippen LogP contribution in [0.5, 0.6) is 0 Å². The van der Waals surface area contributed by atoms with Crippen molar-refractivity contribution in [2.75, 3.05) is 6.61 Å². The number of carbonyl (C=O) groups excluding carboxylic acids is 2. The Morgan fingerprint density at radius 3 is 1.90 bits per heavy atom. The Hall–Kier alpha value is -1.70. The van der Waals surface area contributed by atoms with Gasteiger partial charge in [0, 0.05) is 0 Å². The van der Waals surface area contributed by atoms with Gasteiger partial charge in [-0.15, -0.1) is 0 Å². The molecular formula is C8H10O12. The van der Waals surface area contributed by atoms with Crippen LogP contribution in [-0.4, -0.2) is 79.3 Å². The molecule has 114 valence electrons. The zero-order chi connectivity index (χ0) is 15.3. The summed E-state index contributed by atoms with van der Waals surface area (Å²) in [5.74, 6) is -10.5. The number of hydrogen-bond acceptors (Lipinski definition) is 12. The molecule has 0 aromatic heterocycles. The molecule has 20 heavy (non-hydrogen) atoms. The first kappa shape index (κ1) is 14.7. The third-order valence-corrected chi connectivity index (χ3v) is 2.78. The summed E-state index contributed by atoms with van der Waals surface area (Å²) in [5, 5.41) is 57.0. The molecule has 0 aromatic carbocycles. The van der Waals surface area contributed by atoms with Gasteiger partial charge in [0.1, 0.15) is 6.10 Å². The van der Waals surface area contributed by atoms with Crippen molar-refractivity contribution in [3.05, 3.63) is 0 Å². The van der Waals surface area contributed by atoms with E-state index in [-0.39, 0.29) is 0 Å². The first-order valence-corrected chi connectivity index (χ1v) is 5.07. The number of ether oxygens (including phenoxy) is 4. The molecule has 2 aliphatic heterocycles. The Morgan fingerprint density at radius 2 is 1.45 bits per heavy atom. The maximum Gasteiger partial charge on any atom is 0.518 e. The Morgan fingerprint density at radius 1 is 0.950 bits per heavy atom. The Labute approximate surface area is 109 Å². The molecule has 2 rings (SSSR count). The zero-order valence-corrected chi connectivity index (χ0v) is 9.49. The largest absolute Gasteiger partial charge is 0.518 e. The van der Waals surface area contributed by atoms with Gasteiger partial charge in [0.25, 0.3) is 0 Å². The third-order valence-electron chi connectivity index (χ3n) is 2.78. The highest BCUT2D eigenvalue weighted by Crippen LogP contribution is 2.47. The van der Waals surface area contributed by atoms with Gasteiger partial charge in [0.15, 0.2) is 6.10 Å². The second-order valence-electron chi connectivity index (χ2n) is 4.03.